The van der Waals surface area contributed by atoms with E-state index in [9.17, 15) is 13.0 Å². The summed E-state index contributed by atoms with van der Waals surface area (Å²) in [5.41, 5.74) is 0.0182. The molecule has 0 aliphatic rings. The SMILES string of the molecule is CC(CCNCC(F)(F)c1ccccc1)S(C)=O. The van der Waals surface area contributed by atoms with Gasteiger partial charge in [0.2, 0.25) is 0 Å². The third kappa shape index (κ3) is 4.82. The number of hydrogen-bond acceptors (Lipinski definition) is 2. The van der Waals surface area contributed by atoms with Gasteiger partial charge in [0, 0.05) is 27.9 Å². The van der Waals surface area contributed by atoms with Crippen molar-refractivity contribution in [2.45, 2.75) is 24.5 Å². The second-order valence-corrected chi connectivity index (χ2v) is 6.15. The normalized spacial score (nSPS) is 15.3. The number of alkyl halides is 2. The van der Waals surface area contributed by atoms with Gasteiger partial charge in [-0.3, -0.25) is 4.21 Å². The van der Waals surface area contributed by atoms with Gasteiger partial charge in [0.05, 0.1) is 6.54 Å². The third-order valence-electron chi connectivity index (χ3n) is 2.84. The van der Waals surface area contributed by atoms with E-state index in [1.807, 2.05) is 6.92 Å². The Kier molecular flexibility index (Phi) is 5.88. The Bertz CT molecular complexity index is 384. The molecule has 2 nitrogen and oxygen atoms in total. The van der Waals surface area contributed by atoms with Crippen molar-refractivity contribution in [1.29, 1.82) is 0 Å². The van der Waals surface area contributed by atoms with Crippen LogP contribution in [0.4, 0.5) is 8.78 Å². The summed E-state index contributed by atoms with van der Waals surface area (Å²) in [7, 11) is -0.898. The fraction of sp³-hybridized carbons (Fsp3) is 0.538. The number of benzene rings is 1. The largest absolute Gasteiger partial charge is 0.311 e. The van der Waals surface area contributed by atoms with Crippen molar-refractivity contribution in [2.24, 2.45) is 0 Å². The van der Waals surface area contributed by atoms with Gasteiger partial charge in [0.15, 0.2) is 0 Å². The Hall–Kier alpha value is -0.810. The van der Waals surface area contributed by atoms with Gasteiger partial charge < -0.3 is 5.32 Å². The zero-order valence-corrected chi connectivity index (χ0v) is 11.5. The molecule has 0 bridgehead atoms. The van der Waals surface area contributed by atoms with E-state index in [2.05, 4.69) is 5.32 Å². The van der Waals surface area contributed by atoms with Crippen molar-refractivity contribution >= 4 is 10.8 Å². The van der Waals surface area contributed by atoms with Crippen LogP contribution in [-0.2, 0) is 16.7 Å². The van der Waals surface area contributed by atoms with Crippen LogP contribution in [0.3, 0.4) is 0 Å². The summed E-state index contributed by atoms with van der Waals surface area (Å²) in [6, 6.07) is 7.76. The predicted molar refractivity (Wildman–Crippen MR) is 71.4 cm³/mol. The summed E-state index contributed by atoms with van der Waals surface area (Å²) in [5.74, 6) is -2.87. The van der Waals surface area contributed by atoms with Crippen molar-refractivity contribution in [3.63, 3.8) is 0 Å². The van der Waals surface area contributed by atoms with Gasteiger partial charge >= 0.3 is 0 Å². The monoisotopic (exact) mass is 275 g/mol. The van der Waals surface area contributed by atoms with Gasteiger partial charge in [-0.1, -0.05) is 37.3 Å². The van der Waals surface area contributed by atoms with Crippen LogP contribution in [0.15, 0.2) is 30.3 Å². The minimum atomic E-state index is -2.87. The first-order chi connectivity index (χ1) is 8.43. The smallest absolute Gasteiger partial charge is 0.285 e. The summed E-state index contributed by atoms with van der Waals surface area (Å²) >= 11 is 0. The minimum Gasteiger partial charge on any atom is -0.311 e. The van der Waals surface area contributed by atoms with Gasteiger partial charge in [0.25, 0.3) is 5.92 Å². The van der Waals surface area contributed by atoms with E-state index < -0.39 is 16.7 Å². The van der Waals surface area contributed by atoms with Crippen LogP contribution in [0.25, 0.3) is 0 Å². The van der Waals surface area contributed by atoms with Gasteiger partial charge in [-0.15, -0.1) is 0 Å². The Morgan fingerprint density at radius 2 is 1.94 bits per heavy atom. The van der Waals surface area contributed by atoms with Crippen LogP contribution in [0.2, 0.25) is 0 Å². The molecule has 2 unspecified atom stereocenters. The standard InChI is InChI=1S/C13H19F2NOS/c1-11(18(2)17)8-9-16-10-13(14,15)12-6-4-3-5-7-12/h3-7,11,16H,8-10H2,1-2H3. The lowest BCUT2D eigenvalue weighted by atomic mass is 10.1. The van der Waals surface area contributed by atoms with E-state index >= 15 is 0 Å². The van der Waals surface area contributed by atoms with Crippen LogP contribution >= 0.6 is 0 Å². The molecule has 2 atom stereocenters. The molecule has 0 heterocycles. The molecule has 0 spiro atoms. The molecule has 0 fully saturated rings. The van der Waals surface area contributed by atoms with E-state index in [4.69, 9.17) is 0 Å². The molecule has 1 aromatic carbocycles. The fourth-order valence-electron chi connectivity index (χ4n) is 1.50. The number of nitrogens with one attached hydrogen (secondary N) is 1. The van der Waals surface area contributed by atoms with Crippen molar-refractivity contribution in [1.82, 2.24) is 5.32 Å². The van der Waals surface area contributed by atoms with E-state index in [1.165, 1.54) is 12.1 Å². The average molecular weight is 275 g/mol. The molecular formula is C13H19F2NOS. The molecule has 0 saturated heterocycles. The highest BCUT2D eigenvalue weighted by Crippen LogP contribution is 2.26. The zero-order chi connectivity index (χ0) is 13.6. The predicted octanol–water partition coefficient (Wildman–Crippen LogP) is 2.53. The van der Waals surface area contributed by atoms with Crippen LogP contribution in [0.5, 0.6) is 0 Å². The summed E-state index contributed by atoms with van der Waals surface area (Å²) in [6.45, 7) is 1.91. The molecule has 1 rings (SSSR count). The molecular weight excluding hydrogens is 256 g/mol. The third-order valence-corrected chi connectivity index (χ3v) is 4.21. The second kappa shape index (κ2) is 6.95. The molecule has 5 heteroatoms. The lowest BCUT2D eigenvalue weighted by Gasteiger charge is -2.18. The Labute approximate surface area is 109 Å². The fourth-order valence-corrected chi connectivity index (χ4v) is 1.95. The topological polar surface area (TPSA) is 29.1 Å². The molecule has 0 saturated carbocycles. The highest BCUT2D eigenvalue weighted by Gasteiger charge is 2.30. The molecule has 0 aromatic heterocycles. The first-order valence-corrected chi connectivity index (χ1v) is 7.52. The quantitative estimate of drug-likeness (QED) is 0.775. The maximum absolute atomic E-state index is 13.7. The van der Waals surface area contributed by atoms with Crippen LogP contribution < -0.4 is 5.32 Å². The summed E-state index contributed by atoms with van der Waals surface area (Å²) in [6.07, 6.45) is 2.26. The Morgan fingerprint density at radius 3 is 2.50 bits per heavy atom. The molecule has 0 aliphatic heterocycles. The molecule has 102 valence electrons. The first kappa shape index (κ1) is 15.2. The molecule has 0 aliphatic carbocycles. The first-order valence-electron chi connectivity index (χ1n) is 5.90. The maximum Gasteiger partial charge on any atom is 0.285 e. The molecule has 1 aromatic rings. The molecule has 0 radical (unpaired) electrons. The van der Waals surface area contributed by atoms with E-state index in [0.717, 1.165) is 0 Å². The maximum atomic E-state index is 13.7. The summed E-state index contributed by atoms with van der Waals surface area (Å²) in [5, 5.41) is 2.76. The van der Waals surface area contributed by atoms with Crippen molar-refractivity contribution in [2.75, 3.05) is 19.3 Å². The summed E-state index contributed by atoms with van der Waals surface area (Å²) < 4.78 is 38.5. The number of hydrogen-bond donors (Lipinski definition) is 1. The van der Waals surface area contributed by atoms with Gasteiger partial charge in [-0.2, -0.15) is 8.78 Å². The van der Waals surface area contributed by atoms with Crippen LogP contribution in [-0.4, -0.2) is 28.8 Å². The lowest BCUT2D eigenvalue weighted by molar-refractivity contribution is -0.00297. The number of rotatable bonds is 7. The highest BCUT2D eigenvalue weighted by atomic mass is 32.2. The van der Waals surface area contributed by atoms with Gasteiger partial charge in [0.1, 0.15) is 0 Å². The van der Waals surface area contributed by atoms with Gasteiger partial charge in [-0.05, 0) is 13.0 Å². The van der Waals surface area contributed by atoms with Crippen molar-refractivity contribution in [3.8, 4) is 0 Å². The minimum absolute atomic E-state index is 0.0182. The van der Waals surface area contributed by atoms with E-state index in [1.54, 1.807) is 24.5 Å². The second-order valence-electron chi connectivity index (χ2n) is 4.35. The average Bonchev–Trinajstić information content (AvgIpc) is 2.35. The highest BCUT2D eigenvalue weighted by molar-refractivity contribution is 7.84. The number of halogens is 2. The zero-order valence-electron chi connectivity index (χ0n) is 10.7. The van der Waals surface area contributed by atoms with Crippen molar-refractivity contribution in [3.05, 3.63) is 35.9 Å². The van der Waals surface area contributed by atoms with Gasteiger partial charge in [-0.25, -0.2) is 0 Å². The Balaban J connectivity index is 2.37. The van der Waals surface area contributed by atoms with E-state index in [-0.39, 0.29) is 17.4 Å². The van der Waals surface area contributed by atoms with Crippen LogP contribution in [0.1, 0.15) is 18.9 Å². The molecule has 1 N–H and O–H groups in total. The van der Waals surface area contributed by atoms with E-state index in [0.29, 0.717) is 13.0 Å². The Morgan fingerprint density at radius 1 is 1.33 bits per heavy atom. The summed E-state index contributed by atoms with van der Waals surface area (Å²) in [4.78, 5) is 0. The van der Waals surface area contributed by atoms with Crippen LogP contribution in [0, 0.1) is 0 Å². The molecule has 18 heavy (non-hydrogen) atoms. The molecule has 0 amide bonds. The van der Waals surface area contributed by atoms with Crippen molar-refractivity contribution < 1.29 is 13.0 Å². The lowest BCUT2D eigenvalue weighted by Crippen LogP contribution is -2.32.